The molecule has 0 fully saturated rings. The number of pyridine rings is 1. The van der Waals surface area contributed by atoms with E-state index in [1.807, 2.05) is 0 Å². The van der Waals surface area contributed by atoms with Crippen LogP contribution >= 0.6 is 0 Å². The second-order valence-corrected chi connectivity index (χ2v) is 3.06. The summed E-state index contributed by atoms with van der Waals surface area (Å²) in [5, 5.41) is 14.8. The van der Waals surface area contributed by atoms with E-state index in [-0.39, 0.29) is 12.3 Å². The van der Waals surface area contributed by atoms with Crippen LogP contribution in [-0.2, 0) is 6.61 Å². The van der Waals surface area contributed by atoms with Crippen LogP contribution in [0.25, 0.3) is 0 Å². The monoisotopic (exact) mass is 219 g/mol. The van der Waals surface area contributed by atoms with Crippen LogP contribution in [0.3, 0.4) is 0 Å². The standard InChI is InChI=1S/C10H9N3O3/c14-10(15)9-4-7(12-13-9)6-16-8-2-1-3-11-5-8/h1-5H,6H2,(H,12,13)(H,14,15). The summed E-state index contributed by atoms with van der Waals surface area (Å²) >= 11 is 0. The molecule has 82 valence electrons. The molecule has 0 aliphatic rings. The number of carbonyl (C=O) groups is 1. The number of ether oxygens (including phenoxy) is 1. The minimum absolute atomic E-state index is 0.0233. The Kier molecular flexibility index (Phi) is 2.81. The molecule has 0 aromatic carbocycles. The van der Waals surface area contributed by atoms with Gasteiger partial charge in [-0.05, 0) is 18.2 Å². The highest BCUT2D eigenvalue weighted by Gasteiger charge is 2.08. The van der Waals surface area contributed by atoms with Crippen LogP contribution in [0.5, 0.6) is 5.75 Å². The maximum Gasteiger partial charge on any atom is 0.356 e. The summed E-state index contributed by atoms with van der Waals surface area (Å²) in [5.41, 5.74) is 0.575. The number of nitrogens with zero attached hydrogens (tertiary/aromatic N) is 2. The summed E-state index contributed by atoms with van der Waals surface area (Å²) in [4.78, 5) is 14.4. The topological polar surface area (TPSA) is 88.1 Å². The number of aromatic nitrogens is 3. The van der Waals surface area contributed by atoms with Crippen LogP contribution < -0.4 is 4.74 Å². The third kappa shape index (κ3) is 2.35. The number of H-pyrrole nitrogens is 1. The van der Waals surface area contributed by atoms with Gasteiger partial charge in [0.1, 0.15) is 12.4 Å². The van der Waals surface area contributed by atoms with E-state index < -0.39 is 5.97 Å². The fourth-order valence-corrected chi connectivity index (χ4v) is 1.14. The molecule has 0 aliphatic carbocycles. The lowest BCUT2D eigenvalue weighted by atomic mass is 10.3. The van der Waals surface area contributed by atoms with Gasteiger partial charge in [0, 0.05) is 6.20 Å². The van der Waals surface area contributed by atoms with Crippen molar-refractivity contribution in [3.8, 4) is 5.75 Å². The van der Waals surface area contributed by atoms with Crippen LogP contribution in [0.4, 0.5) is 0 Å². The largest absolute Gasteiger partial charge is 0.486 e. The SMILES string of the molecule is O=C(O)c1cc(COc2cccnc2)[nH]n1. The number of aromatic amines is 1. The molecule has 0 spiro atoms. The first-order valence-corrected chi connectivity index (χ1v) is 4.56. The summed E-state index contributed by atoms with van der Waals surface area (Å²) in [7, 11) is 0. The molecule has 16 heavy (non-hydrogen) atoms. The molecule has 2 N–H and O–H groups in total. The zero-order valence-electron chi connectivity index (χ0n) is 8.25. The predicted octanol–water partition coefficient (Wildman–Crippen LogP) is 1.08. The second-order valence-electron chi connectivity index (χ2n) is 3.06. The summed E-state index contributed by atoms with van der Waals surface area (Å²) in [6.45, 7) is 0.228. The van der Waals surface area contributed by atoms with Crippen molar-refractivity contribution < 1.29 is 14.6 Å². The molecule has 0 saturated heterocycles. The minimum Gasteiger partial charge on any atom is -0.486 e. The first-order valence-electron chi connectivity index (χ1n) is 4.56. The molecule has 0 aliphatic heterocycles. The lowest BCUT2D eigenvalue weighted by Crippen LogP contribution is -1.96. The Morgan fingerprint density at radius 2 is 2.44 bits per heavy atom. The summed E-state index contributed by atoms with van der Waals surface area (Å²) < 4.78 is 5.36. The number of aromatic carboxylic acids is 1. The Morgan fingerprint density at radius 3 is 3.06 bits per heavy atom. The molecule has 0 bridgehead atoms. The second kappa shape index (κ2) is 4.43. The summed E-state index contributed by atoms with van der Waals surface area (Å²) in [5.74, 6) is -0.446. The molecule has 0 saturated carbocycles. The molecule has 2 rings (SSSR count). The Balaban J connectivity index is 1.97. The first-order chi connectivity index (χ1) is 7.75. The van der Waals surface area contributed by atoms with Crippen molar-refractivity contribution in [1.29, 1.82) is 0 Å². The van der Waals surface area contributed by atoms with Gasteiger partial charge in [0.05, 0.1) is 11.9 Å². The molecular formula is C10H9N3O3. The molecular weight excluding hydrogens is 210 g/mol. The molecule has 2 aromatic rings. The fourth-order valence-electron chi connectivity index (χ4n) is 1.14. The molecule has 0 atom stereocenters. The Morgan fingerprint density at radius 1 is 1.56 bits per heavy atom. The van der Waals surface area contributed by atoms with Gasteiger partial charge in [-0.25, -0.2) is 4.79 Å². The molecule has 2 aromatic heterocycles. The zero-order valence-corrected chi connectivity index (χ0v) is 8.25. The van der Waals surface area contributed by atoms with Crippen molar-refractivity contribution >= 4 is 5.97 Å². The maximum atomic E-state index is 10.6. The maximum absolute atomic E-state index is 10.6. The van der Waals surface area contributed by atoms with E-state index in [4.69, 9.17) is 9.84 Å². The number of hydrogen-bond acceptors (Lipinski definition) is 4. The van der Waals surface area contributed by atoms with Crippen LogP contribution in [0.15, 0.2) is 30.6 Å². The molecule has 0 radical (unpaired) electrons. The molecule has 2 heterocycles. The smallest absolute Gasteiger partial charge is 0.356 e. The van der Waals surface area contributed by atoms with Crippen LogP contribution in [-0.4, -0.2) is 26.3 Å². The van der Waals surface area contributed by atoms with Crippen molar-refractivity contribution in [1.82, 2.24) is 15.2 Å². The third-order valence-electron chi connectivity index (χ3n) is 1.88. The van der Waals surface area contributed by atoms with E-state index in [1.54, 1.807) is 24.5 Å². The Labute approximate surface area is 90.9 Å². The first kappa shape index (κ1) is 10.2. The number of carboxylic acids is 1. The molecule has 0 unspecified atom stereocenters. The highest BCUT2D eigenvalue weighted by atomic mass is 16.5. The Hall–Kier alpha value is -2.37. The van der Waals surface area contributed by atoms with Crippen LogP contribution in [0.2, 0.25) is 0 Å². The average molecular weight is 219 g/mol. The fraction of sp³-hybridized carbons (Fsp3) is 0.100. The quantitative estimate of drug-likeness (QED) is 0.803. The van der Waals surface area contributed by atoms with Gasteiger partial charge in [-0.2, -0.15) is 5.10 Å². The normalized spacial score (nSPS) is 10.0. The van der Waals surface area contributed by atoms with Crippen molar-refractivity contribution in [2.45, 2.75) is 6.61 Å². The van der Waals surface area contributed by atoms with Gasteiger partial charge in [0.15, 0.2) is 5.69 Å². The van der Waals surface area contributed by atoms with E-state index in [9.17, 15) is 4.79 Å². The van der Waals surface area contributed by atoms with Crippen LogP contribution in [0.1, 0.15) is 16.2 Å². The minimum atomic E-state index is -1.07. The highest BCUT2D eigenvalue weighted by Crippen LogP contribution is 2.09. The van der Waals surface area contributed by atoms with Gasteiger partial charge in [-0.3, -0.25) is 10.1 Å². The number of rotatable bonds is 4. The van der Waals surface area contributed by atoms with Gasteiger partial charge in [-0.1, -0.05) is 0 Å². The van der Waals surface area contributed by atoms with E-state index in [0.717, 1.165) is 0 Å². The highest BCUT2D eigenvalue weighted by molar-refractivity contribution is 5.85. The summed E-state index contributed by atoms with van der Waals surface area (Å²) in [6.07, 6.45) is 3.22. The van der Waals surface area contributed by atoms with Gasteiger partial charge >= 0.3 is 5.97 Å². The van der Waals surface area contributed by atoms with Crippen molar-refractivity contribution in [2.24, 2.45) is 0 Å². The number of nitrogens with one attached hydrogen (secondary N) is 1. The molecule has 6 nitrogen and oxygen atoms in total. The molecule has 0 amide bonds. The van der Waals surface area contributed by atoms with Gasteiger partial charge < -0.3 is 9.84 Å². The van der Waals surface area contributed by atoms with E-state index in [0.29, 0.717) is 11.4 Å². The van der Waals surface area contributed by atoms with Gasteiger partial charge in [-0.15, -0.1) is 0 Å². The lowest BCUT2D eigenvalue weighted by molar-refractivity contribution is 0.0690. The van der Waals surface area contributed by atoms with E-state index in [2.05, 4.69) is 15.2 Å². The predicted molar refractivity (Wildman–Crippen MR) is 54.1 cm³/mol. The summed E-state index contributed by atoms with van der Waals surface area (Å²) in [6, 6.07) is 4.95. The van der Waals surface area contributed by atoms with Crippen molar-refractivity contribution in [2.75, 3.05) is 0 Å². The van der Waals surface area contributed by atoms with Crippen LogP contribution in [0, 0.1) is 0 Å². The third-order valence-corrected chi connectivity index (χ3v) is 1.88. The number of hydrogen-bond donors (Lipinski definition) is 2. The van der Waals surface area contributed by atoms with Crippen molar-refractivity contribution in [3.63, 3.8) is 0 Å². The van der Waals surface area contributed by atoms with E-state index >= 15 is 0 Å². The number of carboxylic acid groups (broad SMARTS) is 1. The molecule has 6 heteroatoms. The van der Waals surface area contributed by atoms with Gasteiger partial charge in [0.2, 0.25) is 0 Å². The van der Waals surface area contributed by atoms with Gasteiger partial charge in [0.25, 0.3) is 0 Å². The average Bonchev–Trinajstić information content (AvgIpc) is 2.76. The zero-order chi connectivity index (χ0) is 11.4. The lowest BCUT2D eigenvalue weighted by Gasteiger charge is -2.02. The van der Waals surface area contributed by atoms with E-state index in [1.165, 1.54) is 6.07 Å². The van der Waals surface area contributed by atoms with Crippen molar-refractivity contribution in [3.05, 3.63) is 42.0 Å². The Bertz CT molecular complexity index is 481.